The van der Waals surface area contributed by atoms with E-state index in [1.165, 1.54) is 32.8 Å². The Bertz CT molecular complexity index is 693. The molecule has 170 valence electrons. The lowest BCUT2D eigenvalue weighted by atomic mass is 9.46. The fourth-order valence-electron chi connectivity index (χ4n) is 8.38. The zero-order chi connectivity index (χ0) is 21.7. The molecule has 30 heavy (non-hydrogen) atoms. The average Bonchev–Trinajstić information content (AvgIpc) is 3.09. The first-order valence-electron chi connectivity index (χ1n) is 12.0. The van der Waals surface area contributed by atoms with Crippen molar-refractivity contribution in [3.8, 4) is 0 Å². The van der Waals surface area contributed by atoms with Crippen molar-refractivity contribution in [2.75, 3.05) is 7.11 Å². The monoisotopic (exact) mass is 436 g/mol. The SMILES string of the molecule is COC(=O)CC[C@@H](C)[C@H]1CC[C@H]2[C@@H]3C(O)=C[C@@H]4C[C@H](OS)CC[C@]4(C)[C@H]3CC[C@]12C. The maximum absolute atomic E-state index is 11.7. The number of esters is 1. The van der Waals surface area contributed by atoms with Crippen LogP contribution in [0.2, 0.25) is 0 Å². The number of hydrogen-bond acceptors (Lipinski definition) is 5. The predicted molar refractivity (Wildman–Crippen MR) is 121 cm³/mol. The molecule has 1 N–H and O–H groups in total. The van der Waals surface area contributed by atoms with Crippen LogP contribution >= 0.6 is 12.9 Å². The van der Waals surface area contributed by atoms with Gasteiger partial charge in [-0.3, -0.25) is 4.79 Å². The van der Waals surface area contributed by atoms with Gasteiger partial charge in [0.1, 0.15) is 0 Å². The molecule has 0 aromatic carbocycles. The van der Waals surface area contributed by atoms with Crippen LogP contribution in [0.3, 0.4) is 0 Å². The molecule has 0 saturated heterocycles. The van der Waals surface area contributed by atoms with Crippen LogP contribution in [0, 0.1) is 46.3 Å². The van der Waals surface area contributed by atoms with Crippen molar-refractivity contribution in [2.45, 2.75) is 84.7 Å². The number of thiol groups is 1. The van der Waals surface area contributed by atoms with Gasteiger partial charge < -0.3 is 14.0 Å². The number of hydrogen-bond donors (Lipinski definition) is 2. The van der Waals surface area contributed by atoms with E-state index in [1.54, 1.807) is 0 Å². The summed E-state index contributed by atoms with van der Waals surface area (Å²) in [6, 6.07) is 0. The van der Waals surface area contributed by atoms with Crippen LogP contribution in [0.1, 0.15) is 78.6 Å². The lowest BCUT2D eigenvalue weighted by Gasteiger charge is -2.59. The third-order valence-corrected chi connectivity index (χ3v) is 10.4. The molecule has 0 amide bonds. The summed E-state index contributed by atoms with van der Waals surface area (Å²) in [5.41, 5.74) is 0.517. The highest BCUT2D eigenvalue weighted by molar-refractivity contribution is 7.75. The van der Waals surface area contributed by atoms with Crippen molar-refractivity contribution in [1.82, 2.24) is 0 Å². The number of aliphatic hydroxyl groups is 1. The third-order valence-electron chi connectivity index (χ3n) is 10.1. The molecular weight excluding hydrogens is 396 g/mol. The first kappa shape index (κ1) is 22.5. The Morgan fingerprint density at radius 1 is 1.20 bits per heavy atom. The molecule has 0 spiro atoms. The van der Waals surface area contributed by atoms with E-state index in [0.717, 1.165) is 25.7 Å². The smallest absolute Gasteiger partial charge is 0.305 e. The number of ether oxygens (including phenoxy) is 1. The van der Waals surface area contributed by atoms with E-state index in [-0.39, 0.29) is 22.9 Å². The minimum atomic E-state index is -0.0992. The fraction of sp³-hybridized carbons (Fsp3) is 0.880. The Labute approximate surface area is 187 Å². The Hall–Kier alpha value is -0.680. The van der Waals surface area contributed by atoms with Gasteiger partial charge in [-0.2, -0.15) is 0 Å². The van der Waals surface area contributed by atoms with Crippen LogP contribution < -0.4 is 0 Å². The molecule has 3 fully saturated rings. The van der Waals surface area contributed by atoms with E-state index < -0.39 is 0 Å². The molecule has 0 aromatic rings. The van der Waals surface area contributed by atoms with Crippen molar-refractivity contribution < 1.29 is 18.8 Å². The minimum absolute atomic E-state index is 0.0992. The van der Waals surface area contributed by atoms with E-state index in [2.05, 4.69) is 39.8 Å². The molecule has 3 saturated carbocycles. The summed E-state index contributed by atoms with van der Waals surface area (Å²) in [6.07, 6.45) is 11.9. The Balaban J connectivity index is 1.55. The summed E-state index contributed by atoms with van der Waals surface area (Å²) >= 11 is 4.08. The summed E-state index contributed by atoms with van der Waals surface area (Å²) in [7, 11) is 1.48. The first-order valence-corrected chi connectivity index (χ1v) is 12.4. The zero-order valence-electron chi connectivity index (χ0n) is 19.1. The quantitative estimate of drug-likeness (QED) is 0.309. The molecule has 0 radical (unpaired) electrons. The van der Waals surface area contributed by atoms with E-state index in [1.807, 2.05) is 0 Å². The number of methoxy groups -OCH3 is 1. The van der Waals surface area contributed by atoms with Crippen molar-refractivity contribution in [3.05, 3.63) is 11.8 Å². The number of allylic oxidation sites excluding steroid dienone is 2. The van der Waals surface area contributed by atoms with Gasteiger partial charge in [0.05, 0.1) is 19.0 Å². The largest absolute Gasteiger partial charge is 0.512 e. The average molecular weight is 437 g/mol. The second-order valence-electron chi connectivity index (χ2n) is 11.3. The second-order valence-corrected chi connectivity index (χ2v) is 11.5. The standard InChI is InChI=1S/C25H40O4S/c1-15(5-8-22(27)28-4)18-6-7-19-23-20(10-12-25(18,19)3)24(2)11-9-17(29-30)13-16(24)14-21(23)26/h14-20,23,26,30H,5-13H2,1-4H3/t15-,16+,17-,18-,19+,20+,23+,24+,25-/m1/s1. The second kappa shape index (κ2) is 8.35. The molecule has 4 aliphatic rings. The van der Waals surface area contributed by atoms with Crippen molar-refractivity contribution in [3.63, 3.8) is 0 Å². The van der Waals surface area contributed by atoms with Crippen LogP contribution in [0.4, 0.5) is 0 Å². The lowest BCUT2D eigenvalue weighted by Crippen LogP contribution is -2.53. The number of carbonyl (C=O) groups excluding carboxylic acids is 1. The van der Waals surface area contributed by atoms with Gasteiger partial charge in [-0.1, -0.05) is 20.8 Å². The van der Waals surface area contributed by atoms with Gasteiger partial charge in [-0.05, 0) is 111 Å². The Kier molecular flexibility index (Phi) is 6.26. The predicted octanol–water partition coefficient (Wildman–Crippen LogP) is 6.13. The molecule has 4 nitrogen and oxygen atoms in total. The van der Waals surface area contributed by atoms with Gasteiger partial charge in [-0.15, -0.1) is 0 Å². The molecule has 0 heterocycles. The van der Waals surface area contributed by atoms with Crippen LogP contribution in [0.25, 0.3) is 0 Å². The highest BCUT2D eigenvalue weighted by Gasteiger charge is 2.61. The highest BCUT2D eigenvalue weighted by atomic mass is 32.1. The van der Waals surface area contributed by atoms with Gasteiger partial charge in [0.25, 0.3) is 0 Å². The van der Waals surface area contributed by atoms with Crippen LogP contribution in [0.5, 0.6) is 0 Å². The lowest BCUT2D eigenvalue weighted by molar-refractivity contribution is -0.141. The molecule has 0 bridgehead atoms. The van der Waals surface area contributed by atoms with Gasteiger partial charge >= 0.3 is 5.97 Å². The van der Waals surface area contributed by atoms with Gasteiger partial charge in [0.15, 0.2) is 0 Å². The van der Waals surface area contributed by atoms with Crippen molar-refractivity contribution >= 4 is 18.9 Å². The molecule has 9 atom stereocenters. The highest BCUT2D eigenvalue weighted by Crippen LogP contribution is 2.68. The van der Waals surface area contributed by atoms with Crippen LogP contribution in [-0.2, 0) is 13.7 Å². The number of aliphatic hydroxyl groups excluding tert-OH is 1. The number of fused-ring (bicyclic) bond motifs is 5. The topological polar surface area (TPSA) is 55.8 Å². The van der Waals surface area contributed by atoms with Gasteiger partial charge in [0, 0.05) is 12.3 Å². The molecular formula is C25H40O4S. The van der Waals surface area contributed by atoms with E-state index in [0.29, 0.717) is 47.7 Å². The van der Waals surface area contributed by atoms with E-state index in [9.17, 15) is 9.90 Å². The van der Waals surface area contributed by atoms with Crippen molar-refractivity contribution in [1.29, 1.82) is 0 Å². The maximum Gasteiger partial charge on any atom is 0.305 e. The summed E-state index contributed by atoms with van der Waals surface area (Å²) in [4.78, 5) is 11.7. The first-order chi connectivity index (χ1) is 14.2. The normalized spacial score (nSPS) is 46.2. The Morgan fingerprint density at radius 2 is 1.90 bits per heavy atom. The van der Waals surface area contributed by atoms with Crippen molar-refractivity contribution in [2.24, 2.45) is 46.3 Å². The molecule has 0 unspecified atom stereocenters. The minimum Gasteiger partial charge on any atom is -0.512 e. The molecule has 0 aliphatic heterocycles. The third kappa shape index (κ3) is 3.52. The molecule has 4 aliphatic carbocycles. The zero-order valence-corrected chi connectivity index (χ0v) is 20.0. The van der Waals surface area contributed by atoms with Gasteiger partial charge in [-0.25, -0.2) is 0 Å². The molecule has 5 heteroatoms. The van der Waals surface area contributed by atoms with Crippen LogP contribution in [0.15, 0.2) is 11.8 Å². The van der Waals surface area contributed by atoms with Crippen LogP contribution in [-0.4, -0.2) is 24.3 Å². The maximum atomic E-state index is 11.7. The summed E-state index contributed by atoms with van der Waals surface area (Å²) < 4.78 is 10.2. The summed E-state index contributed by atoms with van der Waals surface area (Å²) in [6.45, 7) is 7.27. The molecule has 0 aromatic heterocycles. The summed E-state index contributed by atoms with van der Waals surface area (Å²) in [5.74, 6) is 3.50. The fourth-order valence-corrected chi connectivity index (χ4v) is 8.57. The molecule has 4 rings (SSSR count). The van der Waals surface area contributed by atoms with E-state index in [4.69, 9.17) is 8.92 Å². The number of carbonyl (C=O) groups is 1. The van der Waals surface area contributed by atoms with E-state index >= 15 is 0 Å². The summed E-state index contributed by atoms with van der Waals surface area (Å²) in [5, 5.41) is 11.3. The van der Waals surface area contributed by atoms with Gasteiger partial charge in [0.2, 0.25) is 0 Å². The Morgan fingerprint density at radius 3 is 2.60 bits per heavy atom. The number of rotatable bonds is 5.